The summed E-state index contributed by atoms with van der Waals surface area (Å²) in [6.45, 7) is -0.153. The smallest absolute Gasteiger partial charge is 0.387 e. The standard InChI is InChI=1S/C16H16F3NO/c1-2-20-15(11-3-7-13(17)8-4-11)12-5-9-14(10-6-12)21-16(18)19/h3-10,15-16,20H,2H2,1H3. The number of nitrogens with one attached hydrogen (secondary N) is 1. The number of hydrogen-bond donors (Lipinski definition) is 1. The predicted octanol–water partition coefficient (Wildman–Crippen LogP) is 4.13. The van der Waals surface area contributed by atoms with Gasteiger partial charge >= 0.3 is 6.61 Å². The molecule has 2 aromatic rings. The molecule has 0 aliphatic heterocycles. The molecule has 0 amide bonds. The van der Waals surface area contributed by atoms with Gasteiger partial charge in [-0.3, -0.25) is 0 Å². The summed E-state index contributed by atoms with van der Waals surface area (Å²) in [7, 11) is 0. The second-order valence-corrected chi connectivity index (χ2v) is 4.49. The highest BCUT2D eigenvalue weighted by molar-refractivity contribution is 5.35. The highest BCUT2D eigenvalue weighted by Crippen LogP contribution is 2.25. The molecular weight excluding hydrogens is 279 g/mol. The van der Waals surface area contributed by atoms with Crippen LogP contribution in [0.4, 0.5) is 13.2 Å². The Hall–Kier alpha value is -2.01. The number of rotatable bonds is 6. The van der Waals surface area contributed by atoms with Crippen LogP contribution in [-0.2, 0) is 0 Å². The van der Waals surface area contributed by atoms with Crippen LogP contribution in [0.25, 0.3) is 0 Å². The van der Waals surface area contributed by atoms with Crippen LogP contribution < -0.4 is 10.1 Å². The van der Waals surface area contributed by atoms with Gasteiger partial charge in [-0.15, -0.1) is 0 Å². The van der Waals surface area contributed by atoms with Crippen molar-refractivity contribution in [2.45, 2.75) is 19.6 Å². The van der Waals surface area contributed by atoms with E-state index in [0.29, 0.717) is 0 Å². The number of hydrogen-bond acceptors (Lipinski definition) is 2. The Bertz CT molecular complexity index is 555. The Morgan fingerprint density at radius 2 is 1.48 bits per heavy atom. The molecule has 2 rings (SSSR count). The van der Waals surface area contributed by atoms with E-state index in [0.717, 1.165) is 17.7 Å². The van der Waals surface area contributed by atoms with Crippen molar-refractivity contribution in [2.75, 3.05) is 6.54 Å². The molecule has 0 spiro atoms. The van der Waals surface area contributed by atoms with Gasteiger partial charge in [-0.1, -0.05) is 31.2 Å². The lowest BCUT2D eigenvalue weighted by molar-refractivity contribution is -0.0498. The average Bonchev–Trinajstić information content (AvgIpc) is 2.46. The summed E-state index contributed by atoms with van der Waals surface area (Å²) in [5.74, 6) is -0.183. The van der Waals surface area contributed by atoms with Crippen molar-refractivity contribution in [3.05, 3.63) is 65.5 Å². The first-order chi connectivity index (χ1) is 10.1. The van der Waals surface area contributed by atoms with E-state index in [9.17, 15) is 13.2 Å². The van der Waals surface area contributed by atoms with Gasteiger partial charge in [0.2, 0.25) is 0 Å². The Kier molecular flexibility index (Phi) is 5.22. The molecule has 2 aromatic carbocycles. The van der Waals surface area contributed by atoms with E-state index >= 15 is 0 Å². The molecule has 2 nitrogen and oxygen atoms in total. The number of benzene rings is 2. The van der Waals surface area contributed by atoms with Crippen molar-refractivity contribution in [1.82, 2.24) is 5.32 Å². The molecule has 0 fully saturated rings. The fourth-order valence-electron chi connectivity index (χ4n) is 2.13. The van der Waals surface area contributed by atoms with E-state index in [4.69, 9.17) is 0 Å². The Balaban J connectivity index is 2.23. The highest BCUT2D eigenvalue weighted by atomic mass is 19.3. The van der Waals surface area contributed by atoms with Crippen LogP contribution >= 0.6 is 0 Å². The molecule has 0 aliphatic carbocycles. The first-order valence-corrected chi connectivity index (χ1v) is 6.63. The van der Waals surface area contributed by atoms with E-state index in [2.05, 4.69) is 10.1 Å². The first kappa shape index (κ1) is 15.4. The Labute approximate surface area is 121 Å². The van der Waals surface area contributed by atoms with Crippen LogP contribution in [0.5, 0.6) is 5.75 Å². The summed E-state index contributed by atoms with van der Waals surface area (Å²) in [5.41, 5.74) is 1.80. The van der Waals surface area contributed by atoms with E-state index in [-0.39, 0.29) is 17.6 Å². The van der Waals surface area contributed by atoms with Gasteiger partial charge in [0.25, 0.3) is 0 Å². The van der Waals surface area contributed by atoms with Gasteiger partial charge < -0.3 is 10.1 Å². The molecule has 21 heavy (non-hydrogen) atoms. The molecular formula is C16H16F3NO. The van der Waals surface area contributed by atoms with Crippen molar-refractivity contribution in [3.8, 4) is 5.75 Å². The fourth-order valence-corrected chi connectivity index (χ4v) is 2.13. The molecule has 1 atom stereocenters. The summed E-state index contributed by atoms with van der Waals surface area (Å²) in [6.07, 6.45) is 0. The van der Waals surface area contributed by atoms with Crippen molar-refractivity contribution in [1.29, 1.82) is 0 Å². The summed E-state index contributed by atoms with van der Waals surface area (Å²) >= 11 is 0. The molecule has 0 saturated heterocycles. The molecule has 0 bridgehead atoms. The van der Waals surface area contributed by atoms with Gasteiger partial charge in [-0.25, -0.2) is 4.39 Å². The Morgan fingerprint density at radius 3 is 1.95 bits per heavy atom. The maximum absolute atomic E-state index is 13.0. The maximum Gasteiger partial charge on any atom is 0.387 e. The molecule has 0 heterocycles. The third kappa shape index (κ3) is 4.23. The van der Waals surface area contributed by atoms with Crippen molar-refractivity contribution in [2.24, 2.45) is 0 Å². The van der Waals surface area contributed by atoms with Crippen molar-refractivity contribution < 1.29 is 17.9 Å². The fraction of sp³-hybridized carbons (Fsp3) is 0.250. The minimum Gasteiger partial charge on any atom is -0.435 e. The second kappa shape index (κ2) is 7.13. The van der Waals surface area contributed by atoms with Crippen LogP contribution in [0.1, 0.15) is 24.1 Å². The molecule has 0 aromatic heterocycles. The number of ether oxygens (including phenoxy) is 1. The second-order valence-electron chi connectivity index (χ2n) is 4.49. The normalized spacial score (nSPS) is 12.4. The van der Waals surface area contributed by atoms with Crippen LogP contribution in [0, 0.1) is 5.82 Å². The summed E-state index contributed by atoms with van der Waals surface area (Å²) in [5, 5.41) is 3.28. The quantitative estimate of drug-likeness (QED) is 0.865. The van der Waals surface area contributed by atoms with E-state index in [1.165, 1.54) is 24.3 Å². The molecule has 0 saturated carbocycles. The zero-order chi connectivity index (χ0) is 15.2. The minimum absolute atomic E-state index is 0.114. The molecule has 112 valence electrons. The van der Waals surface area contributed by atoms with Crippen LogP contribution in [0.15, 0.2) is 48.5 Å². The largest absolute Gasteiger partial charge is 0.435 e. The lowest BCUT2D eigenvalue weighted by Crippen LogP contribution is -2.21. The highest BCUT2D eigenvalue weighted by Gasteiger charge is 2.13. The lowest BCUT2D eigenvalue weighted by atomic mass is 9.98. The van der Waals surface area contributed by atoms with E-state index in [1.54, 1.807) is 24.3 Å². The third-order valence-corrected chi connectivity index (χ3v) is 3.05. The predicted molar refractivity (Wildman–Crippen MR) is 75.0 cm³/mol. The van der Waals surface area contributed by atoms with Crippen LogP contribution in [0.2, 0.25) is 0 Å². The number of alkyl halides is 2. The molecule has 1 unspecified atom stereocenters. The molecule has 0 radical (unpaired) electrons. The van der Waals surface area contributed by atoms with Gasteiger partial charge in [0.15, 0.2) is 0 Å². The summed E-state index contributed by atoms with van der Waals surface area (Å²) < 4.78 is 41.6. The zero-order valence-corrected chi connectivity index (χ0v) is 11.5. The molecule has 0 aliphatic rings. The van der Waals surface area contributed by atoms with Gasteiger partial charge in [-0.05, 0) is 41.9 Å². The van der Waals surface area contributed by atoms with E-state index < -0.39 is 6.61 Å². The van der Waals surface area contributed by atoms with Gasteiger partial charge in [0, 0.05) is 0 Å². The van der Waals surface area contributed by atoms with Gasteiger partial charge in [0.1, 0.15) is 11.6 Å². The SMILES string of the molecule is CCNC(c1ccc(F)cc1)c1ccc(OC(F)F)cc1. The average molecular weight is 295 g/mol. The van der Waals surface area contributed by atoms with Crippen LogP contribution in [0.3, 0.4) is 0 Å². The molecule has 5 heteroatoms. The Morgan fingerprint density at radius 1 is 0.952 bits per heavy atom. The maximum atomic E-state index is 13.0. The first-order valence-electron chi connectivity index (χ1n) is 6.63. The van der Waals surface area contributed by atoms with Crippen molar-refractivity contribution >= 4 is 0 Å². The lowest BCUT2D eigenvalue weighted by Gasteiger charge is -2.19. The third-order valence-electron chi connectivity index (χ3n) is 3.05. The summed E-state index contributed by atoms with van der Waals surface area (Å²) in [4.78, 5) is 0. The monoisotopic (exact) mass is 295 g/mol. The van der Waals surface area contributed by atoms with E-state index in [1.807, 2.05) is 6.92 Å². The van der Waals surface area contributed by atoms with Gasteiger partial charge in [-0.2, -0.15) is 8.78 Å². The van der Waals surface area contributed by atoms with Crippen molar-refractivity contribution in [3.63, 3.8) is 0 Å². The van der Waals surface area contributed by atoms with Crippen LogP contribution in [-0.4, -0.2) is 13.2 Å². The zero-order valence-electron chi connectivity index (χ0n) is 11.5. The summed E-state index contributed by atoms with van der Waals surface area (Å²) in [6, 6.07) is 12.5. The topological polar surface area (TPSA) is 21.3 Å². The number of halogens is 3. The van der Waals surface area contributed by atoms with Gasteiger partial charge in [0.05, 0.1) is 6.04 Å². The molecule has 1 N–H and O–H groups in total. The minimum atomic E-state index is -2.84.